The van der Waals surface area contributed by atoms with Gasteiger partial charge in [0.05, 0.1) is 11.4 Å². The molecule has 0 aliphatic heterocycles. The normalized spacial score (nSPS) is 12.6. The molecule has 1 aromatic heterocycles. The molecule has 1 N–H and O–H groups in total. The second-order valence-electron chi connectivity index (χ2n) is 3.98. The van der Waals surface area contributed by atoms with Crippen LogP contribution in [0.15, 0.2) is 12.1 Å². The molecule has 0 saturated heterocycles. The molecule has 0 aliphatic carbocycles. The van der Waals surface area contributed by atoms with Crippen LogP contribution in [-0.4, -0.2) is 11.5 Å². The Balaban J connectivity index is 2.59. The van der Waals surface area contributed by atoms with Gasteiger partial charge in [0.25, 0.3) is 0 Å². The van der Waals surface area contributed by atoms with Gasteiger partial charge in [0.1, 0.15) is 0 Å². The van der Waals surface area contributed by atoms with E-state index in [4.69, 9.17) is 0 Å². The van der Waals surface area contributed by atoms with Gasteiger partial charge in [-0.15, -0.1) is 0 Å². The number of nitrogens with zero attached hydrogens (tertiary/aromatic N) is 1. The summed E-state index contributed by atoms with van der Waals surface area (Å²) < 4.78 is 0. The fraction of sp³-hybridized carbons (Fsp3) is 0.583. The van der Waals surface area contributed by atoms with Crippen molar-refractivity contribution in [3.8, 4) is 0 Å². The van der Waals surface area contributed by atoms with Crippen LogP contribution in [0.1, 0.15) is 31.7 Å². The largest absolute Gasteiger partial charge is 0.383 e. The number of anilines is 1. The van der Waals surface area contributed by atoms with E-state index < -0.39 is 0 Å². The van der Waals surface area contributed by atoms with Crippen LogP contribution in [0.5, 0.6) is 0 Å². The van der Waals surface area contributed by atoms with Gasteiger partial charge in [0, 0.05) is 12.2 Å². The molecule has 0 radical (unpaired) electrons. The van der Waals surface area contributed by atoms with E-state index in [0.717, 1.165) is 29.5 Å². The first kappa shape index (κ1) is 11.0. The highest BCUT2D eigenvalue weighted by atomic mass is 14.9. The van der Waals surface area contributed by atoms with Crippen molar-refractivity contribution in [3.63, 3.8) is 0 Å². The first-order valence-corrected chi connectivity index (χ1v) is 5.31. The lowest BCUT2D eigenvalue weighted by Crippen LogP contribution is -2.11. The number of aryl methyl sites for hydroxylation is 2. The van der Waals surface area contributed by atoms with Crippen LogP contribution in [0.2, 0.25) is 0 Å². The predicted octanol–water partition coefficient (Wildman–Crippen LogP) is 3.16. The number of hydrogen-bond acceptors (Lipinski definition) is 2. The maximum absolute atomic E-state index is 4.41. The molecule has 0 saturated carbocycles. The monoisotopic (exact) mass is 192 g/mol. The molecule has 1 rings (SSSR count). The molecule has 0 aliphatic rings. The Labute approximate surface area is 86.8 Å². The van der Waals surface area contributed by atoms with Crippen LogP contribution in [0.3, 0.4) is 0 Å². The molecule has 0 spiro atoms. The predicted molar refractivity (Wildman–Crippen MR) is 61.7 cm³/mol. The molecule has 0 fully saturated rings. The van der Waals surface area contributed by atoms with E-state index in [1.165, 1.54) is 6.42 Å². The zero-order chi connectivity index (χ0) is 10.6. The number of pyridine rings is 1. The number of nitrogens with one attached hydrogen (secondary N) is 1. The molecule has 0 bridgehead atoms. The van der Waals surface area contributed by atoms with Crippen LogP contribution in [-0.2, 0) is 0 Å². The summed E-state index contributed by atoms with van der Waals surface area (Å²) in [7, 11) is 0. The average molecular weight is 192 g/mol. The standard InChI is InChI=1S/C12H20N2/c1-5-9(2)8-13-12-7-6-10(3)14-11(12)4/h6-7,9,13H,5,8H2,1-4H3. The van der Waals surface area contributed by atoms with Crippen molar-refractivity contribution in [2.45, 2.75) is 34.1 Å². The molecule has 1 aromatic rings. The Bertz CT molecular complexity index is 294. The number of rotatable bonds is 4. The molecule has 1 heterocycles. The van der Waals surface area contributed by atoms with Gasteiger partial charge in [0.2, 0.25) is 0 Å². The molecule has 0 aromatic carbocycles. The lowest BCUT2D eigenvalue weighted by atomic mass is 10.1. The van der Waals surface area contributed by atoms with Crippen molar-refractivity contribution in [2.24, 2.45) is 5.92 Å². The second kappa shape index (κ2) is 4.99. The van der Waals surface area contributed by atoms with Crippen LogP contribution < -0.4 is 5.32 Å². The Morgan fingerprint density at radius 3 is 2.64 bits per heavy atom. The summed E-state index contributed by atoms with van der Waals surface area (Å²) in [5.74, 6) is 0.718. The summed E-state index contributed by atoms with van der Waals surface area (Å²) >= 11 is 0. The topological polar surface area (TPSA) is 24.9 Å². The minimum Gasteiger partial charge on any atom is -0.383 e. The molecule has 1 atom stereocenters. The molecule has 1 unspecified atom stereocenters. The summed E-state index contributed by atoms with van der Waals surface area (Å²) in [6, 6.07) is 4.16. The van der Waals surface area contributed by atoms with Crippen LogP contribution >= 0.6 is 0 Å². The number of hydrogen-bond donors (Lipinski definition) is 1. The Morgan fingerprint density at radius 1 is 1.36 bits per heavy atom. The van der Waals surface area contributed by atoms with Gasteiger partial charge in [-0.3, -0.25) is 4.98 Å². The molecule has 0 amide bonds. The highest BCUT2D eigenvalue weighted by Crippen LogP contribution is 2.13. The van der Waals surface area contributed by atoms with Crippen molar-refractivity contribution >= 4 is 5.69 Å². The minimum atomic E-state index is 0.718. The summed E-state index contributed by atoms with van der Waals surface area (Å²) in [6.07, 6.45) is 1.21. The van der Waals surface area contributed by atoms with Gasteiger partial charge in [0.15, 0.2) is 0 Å². The SMILES string of the molecule is CCC(C)CNc1ccc(C)nc1C. The number of aromatic nitrogens is 1. The van der Waals surface area contributed by atoms with Gasteiger partial charge in [-0.25, -0.2) is 0 Å². The third kappa shape index (κ3) is 3.02. The van der Waals surface area contributed by atoms with Crippen LogP contribution in [0.4, 0.5) is 5.69 Å². The summed E-state index contributed by atoms with van der Waals surface area (Å²) in [4.78, 5) is 4.41. The van der Waals surface area contributed by atoms with Gasteiger partial charge >= 0.3 is 0 Å². The van der Waals surface area contributed by atoms with E-state index in [1.807, 2.05) is 19.9 Å². The van der Waals surface area contributed by atoms with Crippen molar-refractivity contribution in [2.75, 3.05) is 11.9 Å². The Morgan fingerprint density at radius 2 is 2.07 bits per heavy atom. The van der Waals surface area contributed by atoms with E-state index in [0.29, 0.717) is 0 Å². The fourth-order valence-corrected chi connectivity index (χ4v) is 1.30. The molecular weight excluding hydrogens is 172 g/mol. The quantitative estimate of drug-likeness (QED) is 0.792. The minimum absolute atomic E-state index is 0.718. The highest BCUT2D eigenvalue weighted by Gasteiger charge is 2.01. The molecule has 78 valence electrons. The third-order valence-corrected chi connectivity index (χ3v) is 2.56. The van der Waals surface area contributed by atoms with E-state index in [9.17, 15) is 0 Å². The average Bonchev–Trinajstić information content (AvgIpc) is 2.16. The van der Waals surface area contributed by atoms with E-state index in [1.54, 1.807) is 0 Å². The first-order chi connectivity index (χ1) is 6.63. The molecular formula is C12H20N2. The van der Waals surface area contributed by atoms with Crippen LogP contribution in [0, 0.1) is 19.8 Å². The van der Waals surface area contributed by atoms with Gasteiger partial charge < -0.3 is 5.32 Å². The van der Waals surface area contributed by atoms with Crippen molar-refractivity contribution in [1.82, 2.24) is 4.98 Å². The second-order valence-corrected chi connectivity index (χ2v) is 3.98. The van der Waals surface area contributed by atoms with Gasteiger partial charge in [-0.1, -0.05) is 20.3 Å². The fourth-order valence-electron chi connectivity index (χ4n) is 1.30. The molecule has 2 heteroatoms. The van der Waals surface area contributed by atoms with Gasteiger partial charge in [-0.05, 0) is 31.9 Å². The van der Waals surface area contributed by atoms with Crippen molar-refractivity contribution < 1.29 is 0 Å². The first-order valence-electron chi connectivity index (χ1n) is 5.31. The van der Waals surface area contributed by atoms with Crippen molar-refractivity contribution in [3.05, 3.63) is 23.5 Å². The van der Waals surface area contributed by atoms with Crippen LogP contribution in [0.25, 0.3) is 0 Å². The lowest BCUT2D eigenvalue weighted by molar-refractivity contribution is 0.593. The lowest BCUT2D eigenvalue weighted by Gasteiger charge is -2.13. The molecule has 14 heavy (non-hydrogen) atoms. The van der Waals surface area contributed by atoms with E-state index in [2.05, 4.69) is 30.2 Å². The summed E-state index contributed by atoms with van der Waals surface area (Å²) in [6.45, 7) is 9.57. The molecule has 2 nitrogen and oxygen atoms in total. The van der Waals surface area contributed by atoms with Gasteiger partial charge in [-0.2, -0.15) is 0 Å². The Kier molecular flexibility index (Phi) is 3.93. The zero-order valence-corrected chi connectivity index (χ0v) is 9.59. The Hall–Kier alpha value is -1.05. The van der Waals surface area contributed by atoms with Crippen molar-refractivity contribution in [1.29, 1.82) is 0 Å². The smallest absolute Gasteiger partial charge is 0.0606 e. The highest BCUT2D eigenvalue weighted by molar-refractivity contribution is 5.47. The summed E-state index contributed by atoms with van der Waals surface area (Å²) in [5.41, 5.74) is 3.33. The maximum atomic E-state index is 4.41. The summed E-state index contributed by atoms with van der Waals surface area (Å²) in [5, 5.41) is 3.43. The maximum Gasteiger partial charge on any atom is 0.0606 e. The van der Waals surface area contributed by atoms with E-state index in [-0.39, 0.29) is 0 Å². The third-order valence-electron chi connectivity index (χ3n) is 2.56. The zero-order valence-electron chi connectivity index (χ0n) is 9.59. The van der Waals surface area contributed by atoms with E-state index >= 15 is 0 Å².